The van der Waals surface area contributed by atoms with Gasteiger partial charge in [0.15, 0.2) is 0 Å². The average molecular weight is 329 g/mol. The predicted molar refractivity (Wildman–Crippen MR) is 97.5 cm³/mol. The molecule has 0 aromatic heterocycles. The van der Waals surface area contributed by atoms with Crippen molar-refractivity contribution < 1.29 is 0 Å². The fourth-order valence-corrected chi connectivity index (χ4v) is 3.14. The van der Waals surface area contributed by atoms with E-state index in [0.717, 1.165) is 16.7 Å². The Hall–Kier alpha value is -1.76. The van der Waals surface area contributed by atoms with Gasteiger partial charge in [0.25, 0.3) is 0 Å². The summed E-state index contributed by atoms with van der Waals surface area (Å²) in [7, 11) is 0. The Labute approximate surface area is 142 Å². The minimum absolute atomic E-state index is 0.495. The van der Waals surface area contributed by atoms with Gasteiger partial charge < -0.3 is 0 Å². The van der Waals surface area contributed by atoms with Gasteiger partial charge in [0.1, 0.15) is 4.87 Å². The molecule has 0 saturated heterocycles. The highest BCUT2D eigenvalue weighted by Gasteiger charge is 2.36. The third kappa shape index (κ3) is 3.04. The van der Waals surface area contributed by atoms with Crippen molar-refractivity contribution in [1.82, 2.24) is 0 Å². The molecule has 0 radical (unpaired) electrons. The van der Waals surface area contributed by atoms with Crippen LogP contribution >= 0.6 is 23.2 Å². The highest BCUT2D eigenvalue weighted by atomic mass is 35.5. The molecule has 1 atom stereocenters. The Morgan fingerprint density at radius 3 is 1.95 bits per heavy atom. The first-order valence-corrected chi connectivity index (χ1v) is 7.76. The van der Waals surface area contributed by atoms with E-state index in [9.17, 15) is 0 Å². The normalized spacial score (nSPS) is 14.7. The van der Waals surface area contributed by atoms with Crippen LogP contribution in [-0.2, 0) is 4.87 Å². The van der Waals surface area contributed by atoms with Crippen LogP contribution in [0.4, 0.5) is 0 Å². The Morgan fingerprint density at radius 2 is 1.45 bits per heavy atom. The van der Waals surface area contributed by atoms with Gasteiger partial charge >= 0.3 is 0 Å². The van der Waals surface area contributed by atoms with Crippen LogP contribution in [0.3, 0.4) is 0 Å². The summed E-state index contributed by atoms with van der Waals surface area (Å²) in [5.74, 6) is 0. The number of rotatable bonds is 5. The van der Waals surface area contributed by atoms with Crippen molar-refractivity contribution in [2.24, 2.45) is 0 Å². The maximum atomic E-state index is 7.12. The summed E-state index contributed by atoms with van der Waals surface area (Å²) in [5, 5.41) is 0.495. The lowest BCUT2D eigenvalue weighted by molar-refractivity contribution is 0.875. The van der Waals surface area contributed by atoms with Crippen molar-refractivity contribution in [3.05, 3.63) is 107 Å². The highest BCUT2D eigenvalue weighted by Crippen LogP contribution is 2.45. The molecule has 0 fully saturated rings. The first-order valence-electron chi connectivity index (χ1n) is 7.00. The van der Waals surface area contributed by atoms with Gasteiger partial charge in [-0.1, -0.05) is 97.1 Å². The topological polar surface area (TPSA) is 0 Å². The summed E-state index contributed by atoms with van der Waals surface area (Å²) in [6.45, 7) is 9.68. The van der Waals surface area contributed by atoms with Gasteiger partial charge in [0.2, 0.25) is 0 Å². The number of alkyl halides is 1. The van der Waals surface area contributed by atoms with Crippen LogP contribution in [0.2, 0.25) is 0 Å². The molecule has 0 aliphatic rings. The molecule has 0 N–H and O–H groups in total. The van der Waals surface area contributed by atoms with Gasteiger partial charge in [-0.2, -0.15) is 0 Å². The molecule has 2 aromatic rings. The molecule has 112 valence electrons. The van der Waals surface area contributed by atoms with Gasteiger partial charge in [-0.15, -0.1) is 11.6 Å². The fourth-order valence-electron chi connectivity index (χ4n) is 2.44. The van der Waals surface area contributed by atoms with E-state index < -0.39 is 4.87 Å². The van der Waals surface area contributed by atoms with Crippen LogP contribution in [0, 0.1) is 6.92 Å². The van der Waals surface area contributed by atoms with E-state index in [1.807, 2.05) is 61.5 Å². The minimum Gasteiger partial charge on any atom is -0.103 e. The quantitative estimate of drug-likeness (QED) is 0.443. The molecule has 0 aliphatic heterocycles. The summed E-state index contributed by atoms with van der Waals surface area (Å²) in [6, 6.07) is 18.0. The molecular weight excluding hydrogens is 311 g/mol. The Balaban J connectivity index is 2.77. The van der Waals surface area contributed by atoms with Crippen LogP contribution in [0.25, 0.3) is 0 Å². The summed E-state index contributed by atoms with van der Waals surface area (Å²) in [4.78, 5) is -0.901. The molecule has 0 spiro atoms. The van der Waals surface area contributed by atoms with Crippen molar-refractivity contribution in [2.45, 2.75) is 11.8 Å². The fraction of sp³-hybridized carbons (Fsp3) is 0.100. The molecular formula is C20H18Cl2. The zero-order valence-corrected chi connectivity index (χ0v) is 14.0. The second-order valence-electron chi connectivity index (χ2n) is 5.06. The second-order valence-corrected chi connectivity index (χ2v) is 6.03. The van der Waals surface area contributed by atoms with Crippen LogP contribution in [-0.4, -0.2) is 0 Å². The lowest BCUT2D eigenvalue weighted by Crippen LogP contribution is -2.23. The van der Waals surface area contributed by atoms with Crippen molar-refractivity contribution in [2.75, 3.05) is 0 Å². The first kappa shape index (κ1) is 16.6. The maximum absolute atomic E-state index is 7.12. The summed E-state index contributed by atoms with van der Waals surface area (Å²) in [6.07, 6.45) is 3.29. The third-order valence-electron chi connectivity index (χ3n) is 3.63. The van der Waals surface area contributed by atoms with Gasteiger partial charge in [0, 0.05) is 5.03 Å². The number of allylic oxidation sites excluding steroid dienone is 4. The predicted octanol–water partition coefficient (Wildman–Crippen LogP) is 6.34. The van der Waals surface area contributed by atoms with E-state index in [1.165, 1.54) is 5.56 Å². The van der Waals surface area contributed by atoms with E-state index in [4.69, 9.17) is 23.2 Å². The lowest BCUT2D eigenvalue weighted by atomic mass is 9.83. The molecule has 2 heteroatoms. The molecule has 0 aliphatic carbocycles. The molecule has 0 nitrogen and oxygen atoms in total. The monoisotopic (exact) mass is 328 g/mol. The number of halogens is 2. The second kappa shape index (κ2) is 7.00. The Kier molecular flexibility index (Phi) is 5.28. The molecule has 1 unspecified atom stereocenters. The first-order chi connectivity index (χ1) is 10.5. The standard InChI is InChI=1S/C20H18Cl2/c1-4-18(19(21)5-2)20(22,16-9-7-6-8-10-16)17-13-11-15(3)12-14-17/h4-14H,1-2H2,3H3/b19-18-. The number of hydrogen-bond acceptors (Lipinski definition) is 0. The number of aryl methyl sites for hydroxylation is 1. The van der Waals surface area contributed by atoms with Crippen LogP contribution in [0.15, 0.2) is 90.5 Å². The molecule has 0 amide bonds. The largest absolute Gasteiger partial charge is 0.121 e. The molecule has 2 rings (SSSR count). The van der Waals surface area contributed by atoms with E-state index in [2.05, 4.69) is 13.2 Å². The molecule has 0 saturated carbocycles. The van der Waals surface area contributed by atoms with Crippen molar-refractivity contribution in [1.29, 1.82) is 0 Å². The summed E-state index contributed by atoms with van der Waals surface area (Å²) < 4.78 is 0. The van der Waals surface area contributed by atoms with Crippen molar-refractivity contribution >= 4 is 23.2 Å². The van der Waals surface area contributed by atoms with Crippen molar-refractivity contribution in [3.8, 4) is 0 Å². The van der Waals surface area contributed by atoms with Crippen LogP contribution in [0.5, 0.6) is 0 Å². The summed E-state index contributed by atoms with van der Waals surface area (Å²) >= 11 is 13.5. The van der Waals surface area contributed by atoms with Gasteiger partial charge in [-0.25, -0.2) is 0 Å². The zero-order valence-electron chi connectivity index (χ0n) is 12.5. The lowest BCUT2D eigenvalue weighted by Gasteiger charge is -2.30. The molecule has 2 aromatic carbocycles. The van der Waals surface area contributed by atoms with E-state index in [0.29, 0.717) is 5.03 Å². The molecule has 0 heterocycles. The van der Waals surface area contributed by atoms with E-state index in [-0.39, 0.29) is 0 Å². The maximum Gasteiger partial charge on any atom is 0.121 e. The SMILES string of the molecule is C=C/C(Cl)=C(\C=C)C(Cl)(c1ccccc1)c1ccc(C)cc1. The van der Waals surface area contributed by atoms with Gasteiger partial charge in [0.05, 0.1) is 0 Å². The average Bonchev–Trinajstić information content (AvgIpc) is 2.56. The Bertz CT molecular complexity index is 696. The van der Waals surface area contributed by atoms with E-state index in [1.54, 1.807) is 12.2 Å². The van der Waals surface area contributed by atoms with Crippen molar-refractivity contribution in [3.63, 3.8) is 0 Å². The molecule has 0 bridgehead atoms. The smallest absolute Gasteiger partial charge is 0.103 e. The van der Waals surface area contributed by atoms with Gasteiger partial charge in [-0.3, -0.25) is 0 Å². The minimum atomic E-state index is -0.901. The highest BCUT2D eigenvalue weighted by molar-refractivity contribution is 6.34. The van der Waals surface area contributed by atoms with Gasteiger partial charge in [-0.05, 0) is 23.6 Å². The Morgan fingerprint density at radius 1 is 0.909 bits per heavy atom. The number of benzene rings is 2. The van der Waals surface area contributed by atoms with Crippen LogP contribution in [0.1, 0.15) is 16.7 Å². The zero-order chi connectivity index (χ0) is 16.2. The number of hydrogen-bond donors (Lipinski definition) is 0. The third-order valence-corrected chi connectivity index (χ3v) is 4.63. The van der Waals surface area contributed by atoms with E-state index >= 15 is 0 Å². The molecule has 22 heavy (non-hydrogen) atoms. The summed E-state index contributed by atoms with van der Waals surface area (Å²) in [5.41, 5.74) is 3.78. The van der Waals surface area contributed by atoms with Crippen LogP contribution < -0.4 is 0 Å².